The van der Waals surface area contributed by atoms with E-state index in [9.17, 15) is 0 Å². The molecule has 2 heteroatoms. The van der Waals surface area contributed by atoms with Gasteiger partial charge in [-0.05, 0) is 30.4 Å². The van der Waals surface area contributed by atoms with E-state index in [0.29, 0.717) is 0 Å². The molecule has 2 aromatic rings. The molecular formula is C17H21NS. The number of thiophene rings is 1. The second kappa shape index (κ2) is 5.48. The van der Waals surface area contributed by atoms with Gasteiger partial charge in [-0.3, -0.25) is 0 Å². The fraction of sp³-hybridized carbons (Fsp3) is 0.412. The molecule has 0 radical (unpaired) electrons. The van der Waals surface area contributed by atoms with Crippen LogP contribution < -0.4 is 5.32 Å². The average molecular weight is 271 g/mol. The highest BCUT2D eigenvalue weighted by molar-refractivity contribution is 7.19. The van der Waals surface area contributed by atoms with Crippen molar-refractivity contribution in [1.29, 1.82) is 0 Å². The van der Waals surface area contributed by atoms with Gasteiger partial charge < -0.3 is 5.32 Å². The molecule has 0 bridgehead atoms. The summed E-state index contributed by atoms with van der Waals surface area (Å²) in [6.07, 6.45) is 8.53. The predicted octanol–water partition coefficient (Wildman–Crippen LogP) is 4.84. The molecule has 1 fully saturated rings. The number of hydrogen-bond acceptors (Lipinski definition) is 2. The molecule has 1 aliphatic rings. The van der Waals surface area contributed by atoms with Gasteiger partial charge in [0.05, 0.1) is 5.54 Å². The van der Waals surface area contributed by atoms with E-state index in [0.717, 1.165) is 6.54 Å². The van der Waals surface area contributed by atoms with E-state index in [2.05, 4.69) is 42.2 Å². The van der Waals surface area contributed by atoms with Crippen LogP contribution in [0.1, 0.15) is 37.0 Å². The third-order valence-electron chi connectivity index (χ3n) is 4.19. The second-order valence-corrected chi connectivity index (χ2v) is 6.54. The van der Waals surface area contributed by atoms with Gasteiger partial charge in [-0.1, -0.05) is 43.5 Å². The van der Waals surface area contributed by atoms with Crippen molar-refractivity contribution in [3.05, 3.63) is 47.9 Å². The van der Waals surface area contributed by atoms with E-state index < -0.39 is 0 Å². The fourth-order valence-electron chi connectivity index (χ4n) is 3.15. The van der Waals surface area contributed by atoms with Gasteiger partial charge in [0.1, 0.15) is 0 Å². The molecule has 1 N–H and O–H groups in total. The van der Waals surface area contributed by atoms with E-state index in [4.69, 9.17) is 0 Å². The molecule has 0 unspecified atom stereocenters. The molecule has 1 saturated carbocycles. The Hall–Kier alpha value is -1.12. The normalized spacial score (nSPS) is 18.5. The molecule has 0 amide bonds. The minimum absolute atomic E-state index is 0.191. The van der Waals surface area contributed by atoms with Crippen molar-refractivity contribution < 1.29 is 0 Å². The van der Waals surface area contributed by atoms with Crippen molar-refractivity contribution in [2.45, 2.75) is 37.6 Å². The highest BCUT2D eigenvalue weighted by Crippen LogP contribution is 2.42. The largest absolute Gasteiger partial charge is 0.303 e. The highest BCUT2D eigenvalue weighted by Gasteiger charge is 2.34. The molecule has 1 aliphatic carbocycles. The van der Waals surface area contributed by atoms with Crippen LogP contribution in [0.15, 0.2) is 43.0 Å². The van der Waals surface area contributed by atoms with Crippen LogP contribution in [0, 0.1) is 0 Å². The summed E-state index contributed by atoms with van der Waals surface area (Å²) in [7, 11) is 0. The Labute approximate surface area is 119 Å². The lowest BCUT2D eigenvalue weighted by atomic mass is 9.80. The number of nitrogens with one attached hydrogen (secondary N) is 1. The molecule has 1 aromatic carbocycles. The molecule has 1 heterocycles. The van der Waals surface area contributed by atoms with Crippen LogP contribution in [0.5, 0.6) is 0 Å². The smallest absolute Gasteiger partial charge is 0.0531 e. The van der Waals surface area contributed by atoms with Crippen molar-refractivity contribution >= 4 is 21.4 Å². The van der Waals surface area contributed by atoms with E-state index in [1.807, 2.05) is 17.4 Å². The molecular weight excluding hydrogens is 250 g/mol. The average Bonchev–Trinajstić information content (AvgIpc) is 2.91. The lowest BCUT2D eigenvalue weighted by Crippen LogP contribution is -2.43. The minimum atomic E-state index is 0.191. The van der Waals surface area contributed by atoms with E-state index >= 15 is 0 Å². The molecule has 0 spiro atoms. The van der Waals surface area contributed by atoms with Crippen molar-refractivity contribution in [2.75, 3.05) is 6.54 Å². The van der Waals surface area contributed by atoms with Gasteiger partial charge in [-0.25, -0.2) is 0 Å². The molecule has 0 saturated heterocycles. The Morgan fingerprint density at radius 3 is 2.74 bits per heavy atom. The third-order valence-corrected chi connectivity index (χ3v) is 5.51. The Balaban J connectivity index is 1.99. The van der Waals surface area contributed by atoms with Gasteiger partial charge in [0.25, 0.3) is 0 Å². The molecule has 1 aromatic heterocycles. The molecule has 19 heavy (non-hydrogen) atoms. The summed E-state index contributed by atoms with van der Waals surface area (Å²) in [5.41, 5.74) is 0.191. The topological polar surface area (TPSA) is 12.0 Å². The first-order valence-corrected chi connectivity index (χ1v) is 8.01. The van der Waals surface area contributed by atoms with Gasteiger partial charge in [-0.15, -0.1) is 17.9 Å². The number of benzene rings is 1. The second-order valence-electron chi connectivity index (χ2n) is 5.46. The van der Waals surface area contributed by atoms with E-state index in [1.54, 1.807) is 0 Å². The molecule has 3 rings (SSSR count). The summed E-state index contributed by atoms with van der Waals surface area (Å²) in [6.45, 7) is 4.75. The van der Waals surface area contributed by atoms with Gasteiger partial charge in [-0.2, -0.15) is 0 Å². The SMILES string of the molecule is C=CCNC1(c2cc3ccccc3s2)CCCCC1. The summed E-state index contributed by atoms with van der Waals surface area (Å²) < 4.78 is 1.41. The summed E-state index contributed by atoms with van der Waals surface area (Å²) in [5, 5.41) is 5.14. The summed E-state index contributed by atoms with van der Waals surface area (Å²) in [6, 6.07) is 11.1. The Morgan fingerprint density at radius 1 is 1.21 bits per heavy atom. The van der Waals surface area contributed by atoms with Gasteiger partial charge >= 0.3 is 0 Å². The summed E-state index contributed by atoms with van der Waals surface area (Å²) in [4.78, 5) is 1.51. The minimum Gasteiger partial charge on any atom is -0.303 e. The van der Waals surface area contributed by atoms with Crippen molar-refractivity contribution in [2.24, 2.45) is 0 Å². The van der Waals surface area contributed by atoms with Crippen molar-refractivity contribution in [3.63, 3.8) is 0 Å². The van der Waals surface area contributed by atoms with Crippen LogP contribution >= 0.6 is 11.3 Å². The number of rotatable bonds is 4. The Kier molecular flexibility index (Phi) is 3.72. The summed E-state index contributed by atoms with van der Waals surface area (Å²) >= 11 is 1.96. The van der Waals surface area contributed by atoms with Crippen molar-refractivity contribution in [3.8, 4) is 0 Å². The van der Waals surface area contributed by atoms with Gasteiger partial charge in [0.2, 0.25) is 0 Å². The van der Waals surface area contributed by atoms with Crippen LogP contribution in [0.25, 0.3) is 10.1 Å². The van der Waals surface area contributed by atoms with Crippen LogP contribution in [-0.4, -0.2) is 6.54 Å². The van der Waals surface area contributed by atoms with E-state index in [1.165, 1.54) is 47.1 Å². The van der Waals surface area contributed by atoms with Gasteiger partial charge in [0.15, 0.2) is 0 Å². The molecule has 100 valence electrons. The number of hydrogen-bond donors (Lipinski definition) is 1. The van der Waals surface area contributed by atoms with E-state index in [-0.39, 0.29) is 5.54 Å². The van der Waals surface area contributed by atoms with Crippen molar-refractivity contribution in [1.82, 2.24) is 5.32 Å². The fourth-order valence-corrected chi connectivity index (χ4v) is 4.44. The first kappa shape index (κ1) is 12.9. The summed E-state index contributed by atoms with van der Waals surface area (Å²) in [5.74, 6) is 0. The Bertz CT molecular complexity index is 530. The van der Waals surface area contributed by atoms with Crippen LogP contribution in [0.2, 0.25) is 0 Å². The van der Waals surface area contributed by atoms with Crippen LogP contribution in [-0.2, 0) is 5.54 Å². The first-order chi connectivity index (χ1) is 9.34. The zero-order valence-electron chi connectivity index (χ0n) is 11.3. The lowest BCUT2D eigenvalue weighted by Gasteiger charge is -2.37. The third kappa shape index (κ3) is 2.47. The Morgan fingerprint density at radius 2 is 2.00 bits per heavy atom. The molecule has 1 nitrogen and oxygen atoms in total. The van der Waals surface area contributed by atoms with Gasteiger partial charge in [0, 0.05) is 16.1 Å². The van der Waals surface area contributed by atoms with Crippen LogP contribution in [0.4, 0.5) is 0 Å². The first-order valence-electron chi connectivity index (χ1n) is 7.19. The zero-order chi connectivity index (χ0) is 13.1. The monoisotopic (exact) mass is 271 g/mol. The maximum Gasteiger partial charge on any atom is 0.0531 e. The standard InChI is InChI=1S/C17H21NS/c1-2-12-18-17(10-6-3-7-11-17)16-13-14-8-4-5-9-15(14)19-16/h2,4-5,8-9,13,18H,1,3,6-7,10-12H2. The lowest BCUT2D eigenvalue weighted by molar-refractivity contribution is 0.247. The predicted molar refractivity (Wildman–Crippen MR) is 84.8 cm³/mol. The zero-order valence-corrected chi connectivity index (χ0v) is 12.1. The maximum atomic E-state index is 3.85. The number of fused-ring (bicyclic) bond motifs is 1. The molecule has 0 atom stereocenters. The van der Waals surface area contributed by atoms with Crippen LogP contribution in [0.3, 0.4) is 0 Å². The highest BCUT2D eigenvalue weighted by atomic mass is 32.1. The maximum absolute atomic E-state index is 3.85. The molecule has 0 aliphatic heterocycles. The quantitative estimate of drug-likeness (QED) is 0.785.